The highest BCUT2D eigenvalue weighted by Gasteiger charge is 2.02. The predicted octanol–water partition coefficient (Wildman–Crippen LogP) is 1.93. The molecular formula is C16H18N6O. The van der Waals surface area contributed by atoms with Crippen molar-refractivity contribution in [3.63, 3.8) is 0 Å². The smallest absolute Gasteiger partial charge is 0.221 e. The number of aryl methyl sites for hydroxylation is 1. The number of aromatic nitrogens is 4. The van der Waals surface area contributed by atoms with Crippen LogP contribution in [-0.4, -0.2) is 32.0 Å². The largest absolute Gasteiger partial charge is 0.491 e. The van der Waals surface area contributed by atoms with Crippen molar-refractivity contribution in [2.45, 2.75) is 13.5 Å². The van der Waals surface area contributed by atoms with Crippen molar-refractivity contribution in [1.29, 1.82) is 0 Å². The fourth-order valence-electron chi connectivity index (χ4n) is 2.12. The van der Waals surface area contributed by atoms with Crippen LogP contribution in [0, 0.1) is 6.92 Å². The Labute approximate surface area is 134 Å². The summed E-state index contributed by atoms with van der Waals surface area (Å²) in [5, 5.41) is 4.32. The third kappa shape index (κ3) is 3.76. The van der Waals surface area contributed by atoms with Crippen LogP contribution in [0.2, 0.25) is 0 Å². The molecular weight excluding hydrogens is 292 g/mol. The zero-order chi connectivity index (χ0) is 16.1. The normalized spacial score (nSPS) is 11.2. The molecule has 118 valence electrons. The van der Waals surface area contributed by atoms with Gasteiger partial charge in [-0.3, -0.25) is 0 Å². The number of ether oxygens (including phenoxy) is 1. The molecule has 0 aliphatic carbocycles. The van der Waals surface area contributed by atoms with Crippen LogP contribution < -0.4 is 10.5 Å². The lowest BCUT2D eigenvalue weighted by molar-refractivity contribution is 0.298. The maximum atomic E-state index is 5.84. The average Bonchev–Trinajstić information content (AvgIpc) is 3.16. The minimum absolute atomic E-state index is 0.359. The Morgan fingerprint density at radius 3 is 2.96 bits per heavy atom. The second-order valence-corrected chi connectivity index (χ2v) is 5.02. The van der Waals surface area contributed by atoms with Crippen LogP contribution >= 0.6 is 0 Å². The number of para-hydroxylation sites is 1. The van der Waals surface area contributed by atoms with Gasteiger partial charge in [0.15, 0.2) is 0 Å². The highest BCUT2D eigenvalue weighted by atomic mass is 16.5. The lowest BCUT2D eigenvalue weighted by Crippen LogP contribution is -2.07. The first-order valence-corrected chi connectivity index (χ1v) is 7.26. The van der Waals surface area contributed by atoms with Crippen molar-refractivity contribution in [1.82, 2.24) is 19.2 Å². The first-order valence-electron chi connectivity index (χ1n) is 7.26. The first kappa shape index (κ1) is 14.8. The van der Waals surface area contributed by atoms with Crippen LogP contribution in [0.3, 0.4) is 0 Å². The van der Waals surface area contributed by atoms with E-state index < -0.39 is 0 Å². The second-order valence-electron chi connectivity index (χ2n) is 5.02. The molecule has 0 unspecified atom stereocenters. The molecule has 0 saturated carbocycles. The van der Waals surface area contributed by atoms with Crippen LogP contribution in [0.4, 0.5) is 5.95 Å². The SMILES string of the molecule is Cc1cn(N=Cc2ccccc2OCCn2ccnc2)c(N)n1. The quantitative estimate of drug-likeness (QED) is 0.705. The van der Waals surface area contributed by atoms with E-state index in [0.29, 0.717) is 12.6 Å². The fourth-order valence-corrected chi connectivity index (χ4v) is 2.12. The number of nitrogen functional groups attached to an aromatic ring is 1. The molecule has 7 heteroatoms. The summed E-state index contributed by atoms with van der Waals surface area (Å²) >= 11 is 0. The van der Waals surface area contributed by atoms with Gasteiger partial charge in [0.2, 0.25) is 5.95 Å². The Morgan fingerprint density at radius 1 is 1.35 bits per heavy atom. The molecule has 3 aromatic rings. The Hall–Kier alpha value is -3.09. The lowest BCUT2D eigenvalue weighted by Gasteiger charge is -2.09. The van der Waals surface area contributed by atoms with Gasteiger partial charge < -0.3 is 15.0 Å². The minimum atomic E-state index is 0.359. The number of rotatable bonds is 6. The van der Waals surface area contributed by atoms with Gasteiger partial charge in [-0.1, -0.05) is 12.1 Å². The molecule has 2 aromatic heterocycles. The molecule has 0 saturated heterocycles. The van der Waals surface area contributed by atoms with E-state index in [4.69, 9.17) is 10.5 Å². The van der Waals surface area contributed by atoms with Gasteiger partial charge in [-0.25, -0.2) is 14.6 Å². The Morgan fingerprint density at radius 2 is 2.22 bits per heavy atom. The number of nitrogens with two attached hydrogens (primary N) is 1. The van der Waals surface area contributed by atoms with Crippen molar-refractivity contribution < 1.29 is 4.74 Å². The van der Waals surface area contributed by atoms with E-state index in [9.17, 15) is 0 Å². The monoisotopic (exact) mass is 310 g/mol. The first-order chi connectivity index (χ1) is 11.2. The standard InChI is InChI=1S/C16H18N6O/c1-13-11-22(16(17)20-13)19-10-14-4-2-3-5-15(14)23-9-8-21-7-6-18-12-21/h2-7,10-12H,8-9H2,1H3,(H2,17,20). The zero-order valence-electron chi connectivity index (χ0n) is 12.8. The van der Waals surface area contributed by atoms with Gasteiger partial charge in [-0.15, -0.1) is 0 Å². The molecule has 2 N–H and O–H groups in total. The Bertz CT molecular complexity index is 791. The maximum Gasteiger partial charge on any atom is 0.221 e. The summed E-state index contributed by atoms with van der Waals surface area (Å²) in [7, 11) is 0. The van der Waals surface area contributed by atoms with Gasteiger partial charge in [0, 0.05) is 18.0 Å². The van der Waals surface area contributed by atoms with Crippen molar-refractivity contribution in [3.8, 4) is 5.75 Å². The van der Waals surface area contributed by atoms with Gasteiger partial charge in [-0.05, 0) is 19.1 Å². The van der Waals surface area contributed by atoms with E-state index in [-0.39, 0.29) is 0 Å². The minimum Gasteiger partial charge on any atom is -0.491 e. The van der Waals surface area contributed by atoms with E-state index in [2.05, 4.69) is 15.1 Å². The van der Waals surface area contributed by atoms with Crippen molar-refractivity contribution >= 4 is 12.2 Å². The van der Waals surface area contributed by atoms with Crippen molar-refractivity contribution in [3.05, 3.63) is 60.4 Å². The van der Waals surface area contributed by atoms with Crippen LogP contribution in [0.25, 0.3) is 0 Å². The molecule has 0 aliphatic rings. The molecule has 2 heterocycles. The fraction of sp³-hybridized carbons (Fsp3) is 0.188. The number of hydrogen-bond acceptors (Lipinski definition) is 5. The van der Waals surface area contributed by atoms with Gasteiger partial charge >= 0.3 is 0 Å². The number of benzene rings is 1. The van der Waals surface area contributed by atoms with Gasteiger partial charge in [0.1, 0.15) is 12.4 Å². The summed E-state index contributed by atoms with van der Waals surface area (Å²) in [5.41, 5.74) is 7.48. The van der Waals surface area contributed by atoms with E-state index in [1.54, 1.807) is 24.9 Å². The summed E-state index contributed by atoms with van der Waals surface area (Å²) in [6, 6.07) is 7.72. The number of anilines is 1. The van der Waals surface area contributed by atoms with Crippen LogP contribution in [0.15, 0.2) is 54.3 Å². The van der Waals surface area contributed by atoms with Crippen LogP contribution in [-0.2, 0) is 6.54 Å². The van der Waals surface area contributed by atoms with Gasteiger partial charge in [0.05, 0.1) is 31.0 Å². The van der Waals surface area contributed by atoms with Crippen LogP contribution in [0.5, 0.6) is 5.75 Å². The average molecular weight is 310 g/mol. The summed E-state index contributed by atoms with van der Waals surface area (Å²) < 4.78 is 9.34. The second kappa shape index (κ2) is 6.78. The van der Waals surface area contributed by atoms with Gasteiger partial charge in [0.25, 0.3) is 0 Å². The topological polar surface area (TPSA) is 83.2 Å². The third-order valence-corrected chi connectivity index (χ3v) is 3.24. The van der Waals surface area contributed by atoms with Crippen molar-refractivity contribution in [2.75, 3.05) is 12.3 Å². The third-order valence-electron chi connectivity index (χ3n) is 3.24. The number of imidazole rings is 2. The summed E-state index contributed by atoms with van der Waals surface area (Å²) in [6.07, 6.45) is 8.90. The molecule has 0 fully saturated rings. The molecule has 0 spiro atoms. The lowest BCUT2D eigenvalue weighted by atomic mass is 10.2. The zero-order valence-corrected chi connectivity index (χ0v) is 12.8. The molecule has 0 amide bonds. The molecule has 3 rings (SSSR count). The van der Waals surface area contributed by atoms with Crippen molar-refractivity contribution in [2.24, 2.45) is 5.10 Å². The molecule has 23 heavy (non-hydrogen) atoms. The Kier molecular flexibility index (Phi) is 4.37. The van der Waals surface area contributed by atoms with Gasteiger partial charge in [-0.2, -0.15) is 5.10 Å². The predicted molar refractivity (Wildman–Crippen MR) is 88.5 cm³/mol. The molecule has 0 aliphatic heterocycles. The molecule has 1 aromatic carbocycles. The number of hydrogen-bond donors (Lipinski definition) is 1. The highest BCUT2D eigenvalue weighted by Crippen LogP contribution is 2.16. The van der Waals surface area contributed by atoms with E-state index in [1.165, 1.54) is 4.68 Å². The summed E-state index contributed by atoms with van der Waals surface area (Å²) in [5.74, 6) is 1.13. The summed E-state index contributed by atoms with van der Waals surface area (Å²) in [4.78, 5) is 8.12. The van der Waals surface area contributed by atoms with E-state index in [0.717, 1.165) is 23.6 Å². The Balaban J connectivity index is 1.69. The van der Waals surface area contributed by atoms with E-state index in [1.807, 2.05) is 42.0 Å². The van der Waals surface area contributed by atoms with Crippen LogP contribution in [0.1, 0.15) is 11.3 Å². The molecule has 0 atom stereocenters. The maximum absolute atomic E-state index is 5.84. The number of nitrogens with zero attached hydrogens (tertiary/aromatic N) is 5. The van der Waals surface area contributed by atoms with E-state index >= 15 is 0 Å². The molecule has 7 nitrogen and oxygen atoms in total. The molecule has 0 bridgehead atoms. The summed E-state index contributed by atoms with van der Waals surface area (Å²) in [6.45, 7) is 3.15. The molecule has 0 radical (unpaired) electrons. The highest BCUT2D eigenvalue weighted by molar-refractivity contribution is 5.83.